The summed E-state index contributed by atoms with van der Waals surface area (Å²) in [6.45, 7) is 0.188. The Morgan fingerprint density at radius 2 is 1.55 bits per heavy atom. The lowest BCUT2D eigenvalue weighted by atomic mass is 10.1. The Labute approximate surface area is 179 Å². The van der Waals surface area contributed by atoms with Gasteiger partial charge in [-0.1, -0.05) is 29.8 Å². The number of aromatic nitrogens is 1. The maximum atomic E-state index is 12.8. The van der Waals surface area contributed by atoms with Crippen LogP contribution in [0.3, 0.4) is 0 Å². The van der Waals surface area contributed by atoms with Crippen LogP contribution in [0.15, 0.2) is 71.7 Å². The average molecular weight is 450 g/mol. The van der Waals surface area contributed by atoms with Gasteiger partial charge in [0.1, 0.15) is 0 Å². The van der Waals surface area contributed by atoms with Crippen molar-refractivity contribution in [3.63, 3.8) is 0 Å². The van der Waals surface area contributed by atoms with Crippen LogP contribution in [0, 0.1) is 0 Å². The van der Waals surface area contributed by atoms with Gasteiger partial charge in [-0.2, -0.15) is 13.2 Å². The molecule has 10 heteroatoms. The Balaban J connectivity index is 1.69. The predicted molar refractivity (Wildman–Crippen MR) is 108 cm³/mol. The minimum Gasteiger partial charge on any atom is -0.310 e. The molecule has 0 atom stereocenters. The van der Waals surface area contributed by atoms with Gasteiger partial charge >= 0.3 is 6.18 Å². The molecule has 0 saturated heterocycles. The first-order valence-electron chi connectivity index (χ1n) is 8.86. The molecule has 0 unspecified atom stereocenters. The topological polar surface area (TPSA) is 80.2 Å². The van der Waals surface area contributed by atoms with Crippen molar-refractivity contribution in [2.75, 3.05) is 0 Å². The number of amides is 2. The van der Waals surface area contributed by atoms with Crippen molar-refractivity contribution in [3.8, 4) is 0 Å². The average Bonchev–Trinajstić information content (AvgIpc) is 2.74. The Morgan fingerprint density at radius 1 is 0.903 bits per heavy atom. The van der Waals surface area contributed by atoms with Crippen molar-refractivity contribution < 1.29 is 22.8 Å². The van der Waals surface area contributed by atoms with Gasteiger partial charge in [-0.15, -0.1) is 0 Å². The van der Waals surface area contributed by atoms with Crippen molar-refractivity contribution in [2.24, 2.45) is 0 Å². The number of hydrogen-bond acceptors (Lipinski definition) is 3. The maximum Gasteiger partial charge on any atom is 0.416 e. The van der Waals surface area contributed by atoms with E-state index in [1.54, 1.807) is 24.3 Å². The van der Waals surface area contributed by atoms with E-state index in [1.165, 1.54) is 29.0 Å². The molecular weight excluding hydrogens is 435 g/mol. The Hall–Kier alpha value is -3.59. The van der Waals surface area contributed by atoms with E-state index in [1.807, 2.05) is 0 Å². The molecule has 0 aliphatic carbocycles. The summed E-state index contributed by atoms with van der Waals surface area (Å²) >= 11 is 5.84. The van der Waals surface area contributed by atoms with Crippen LogP contribution < -0.4 is 16.4 Å². The molecule has 0 fully saturated rings. The van der Waals surface area contributed by atoms with E-state index in [0.29, 0.717) is 11.1 Å². The zero-order chi connectivity index (χ0) is 22.6. The number of rotatable bonds is 4. The number of halogens is 4. The summed E-state index contributed by atoms with van der Waals surface area (Å²) in [7, 11) is 0. The highest BCUT2D eigenvalue weighted by Gasteiger charge is 2.30. The van der Waals surface area contributed by atoms with Crippen LogP contribution >= 0.6 is 11.6 Å². The molecule has 2 N–H and O–H groups in total. The lowest BCUT2D eigenvalue weighted by molar-refractivity contribution is -0.137. The Bertz CT molecular complexity index is 1170. The quantitative estimate of drug-likeness (QED) is 0.597. The molecule has 0 bridgehead atoms. The zero-order valence-corrected chi connectivity index (χ0v) is 16.5. The molecule has 0 aliphatic rings. The summed E-state index contributed by atoms with van der Waals surface area (Å²) < 4.78 is 39.6. The SMILES string of the molecule is O=C(NNC(=O)c1ccc(=O)n(Cc2ccc(Cl)cc2)c1)c1cccc(C(F)(F)F)c1. The molecule has 2 aromatic carbocycles. The summed E-state index contributed by atoms with van der Waals surface area (Å²) in [5, 5.41) is 0.542. The van der Waals surface area contributed by atoms with Crippen molar-refractivity contribution >= 4 is 23.4 Å². The van der Waals surface area contributed by atoms with Crippen molar-refractivity contribution in [3.05, 3.63) is 104 Å². The van der Waals surface area contributed by atoms with E-state index in [-0.39, 0.29) is 23.2 Å². The fourth-order valence-corrected chi connectivity index (χ4v) is 2.80. The Kier molecular flexibility index (Phi) is 6.45. The first kappa shape index (κ1) is 22.1. The fourth-order valence-electron chi connectivity index (χ4n) is 2.67. The van der Waals surface area contributed by atoms with Gasteiger partial charge in [-0.3, -0.25) is 25.2 Å². The summed E-state index contributed by atoms with van der Waals surface area (Å²) in [4.78, 5) is 36.5. The standard InChI is InChI=1S/C21H15ClF3N3O3/c22-17-7-4-13(5-8-17)11-28-12-15(6-9-18(28)29)20(31)27-26-19(30)14-2-1-3-16(10-14)21(23,24)25/h1-10,12H,11H2,(H,26,30)(H,27,31). The second-order valence-corrected chi connectivity index (χ2v) is 6.93. The summed E-state index contributed by atoms with van der Waals surface area (Å²) in [6, 6.07) is 13.0. The minimum absolute atomic E-state index is 0.0675. The van der Waals surface area contributed by atoms with Crippen LogP contribution in [0.5, 0.6) is 0 Å². The molecule has 0 spiro atoms. The number of carbonyl (C=O) groups excluding carboxylic acids is 2. The van der Waals surface area contributed by atoms with E-state index in [0.717, 1.165) is 17.7 Å². The molecule has 0 radical (unpaired) electrons. The van der Waals surface area contributed by atoms with Gasteiger partial charge in [0.15, 0.2) is 0 Å². The summed E-state index contributed by atoms with van der Waals surface area (Å²) in [6.07, 6.45) is -3.29. The van der Waals surface area contributed by atoms with E-state index >= 15 is 0 Å². The second-order valence-electron chi connectivity index (χ2n) is 6.50. The van der Waals surface area contributed by atoms with Crippen LogP contribution in [-0.4, -0.2) is 16.4 Å². The summed E-state index contributed by atoms with van der Waals surface area (Å²) in [5.41, 5.74) is 3.42. The van der Waals surface area contributed by atoms with Crippen LogP contribution in [0.4, 0.5) is 13.2 Å². The van der Waals surface area contributed by atoms with Gasteiger partial charge in [-0.05, 0) is 42.0 Å². The lowest BCUT2D eigenvalue weighted by Crippen LogP contribution is -2.42. The number of benzene rings is 2. The normalized spacial score (nSPS) is 11.1. The highest BCUT2D eigenvalue weighted by molar-refractivity contribution is 6.30. The molecule has 160 valence electrons. The molecule has 1 aromatic heterocycles. The van der Waals surface area contributed by atoms with E-state index in [4.69, 9.17) is 11.6 Å². The van der Waals surface area contributed by atoms with Gasteiger partial charge in [0, 0.05) is 22.8 Å². The molecule has 3 rings (SSSR count). The number of nitrogens with zero attached hydrogens (tertiary/aromatic N) is 1. The monoisotopic (exact) mass is 449 g/mol. The van der Waals surface area contributed by atoms with E-state index in [9.17, 15) is 27.6 Å². The minimum atomic E-state index is -4.60. The number of nitrogens with one attached hydrogen (secondary N) is 2. The predicted octanol–water partition coefficient (Wildman–Crippen LogP) is 3.64. The second kappa shape index (κ2) is 9.05. The smallest absolute Gasteiger partial charge is 0.310 e. The van der Waals surface area contributed by atoms with Crippen molar-refractivity contribution in [1.29, 1.82) is 0 Å². The molecular formula is C21H15ClF3N3O3. The third kappa shape index (κ3) is 5.73. The van der Waals surface area contributed by atoms with Crippen LogP contribution in [0.25, 0.3) is 0 Å². The van der Waals surface area contributed by atoms with Gasteiger partial charge in [0.25, 0.3) is 17.4 Å². The molecule has 0 saturated carbocycles. The summed E-state index contributed by atoms with van der Waals surface area (Å²) in [5.74, 6) is -1.67. The van der Waals surface area contributed by atoms with Crippen LogP contribution in [-0.2, 0) is 12.7 Å². The van der Waals surface area contributed by atoms with Gasteiger partial charge < -0.3 is 4.57 Å². The third-order valence-electron chi connectivity index (χ3n) is 4.25. The fraction of sp³-hybridized carbons (Fsp3) is 0.0952. The first-order chi connectivity index (χ1) is 14.6. The molecule has 3 aromatic rings. The van der Waals surface area contributed by atoms with Crippen LogP contribution in [0.1, 0.15) is 31.8 Å². The maximum absolute atomic E-state index is 12.8. The number of hydrazine groups is 1. The largest absolute Gasteiger partial charge is 0.416 e. The molecule has 1 heterocycles. The van der Waals surface area contributed by atoms with E-state index in [2.05, 4.69) is 10.9 Å². The Morgan fingerprint density at radius 3 is 2.19 bits per heavy atom. The van der Waals surface area contributed by atoms with Crippen molar-refractivity contribution in [1.82, 2.24) is 15.4 Å². The number of pyridine rings is 1. The van der Waals surface area contributed by atoms with E-state index < -0.39 is 23.6 Å². The molecule has 0 aliphatic heterocycles. The highest BCUT2D eigenvalue weighted by Crippen LogP contribution is 2.29. The highest BCUT2D eigenvalue weighted by atomic mass is 35.5. The molecule has 6 nitrogen and oxygen atoms in total. The van der Waals surface area contributed by atoms with Gasteiger partial charge in [0.05, 0.1) is 17.7 Å². The number of carbonyl (C=O) groups is 2. The third-order valence-corrected chi connectivity index (χ3v) is 4.51. The van der Waals surface area contributed by atoms with Crippen molar-refractivity contribution in [2.45, 2.75) is 12.7 Å². The van der Waals surface area contributed by atoms with Crippen LogP contribution in [0.2, 0.25) is 5.02 Å². The zero-order valence-electron chi connectivity index (χ0n) is 15.7. The lowest BCUT2D eigenvalue weighted by Gasteiger charge is -2.11. The molecule has 31 heavy (non-hydrogen) atoms. The number of alkyl halides is 3. The molecule has 2 amide bonds. The van der Waals surface area contributed by atoms with Gasteiger partial charge in [0.2, 0.25) is 0 Å². The van der Waals surface area contributed by atoms with Gasteiger partial charge in [-0.25, -0.2) is 0 Å². The number of hydrogen-bond donors (Lipinski definition) is 2. The first-order valence-corrected chi connectivity index (χ1v) is 9.24.